The van der Waals surface area contributed by atoms with Crippen LogP contribution < -0.4 is 0 Å². The summed E-state index contributed by atoms with van der Waals surface area (Å²) in [4.78, 5) is 23.5. The highest BCUT2D eigenvalue weighted by atomic mass is 19.4. The zero-order chi connectivity index (χ0) is 14.3. The minimum absolute atomic E-state index is 0.0860. The number of hydrogen-bond acceptors (Lipinski definition) is 2. The Labute approximate surface area is 103 Å². The fourth-order valence-corrected chi connectivity index (χ4v) is 2.32. The summed E-state index contributed by atoms with van der Waals surface area (Å²) in [7, 11) is 0. The van der Waals surface area contributed by atoms with Crippen LogP contribution in [-0.2, 0) is 9.59 Å². The molecule has 18 heavy (non-hydrogen) atoms. The highest BCUT2D eigenvalue weighted by molar-refractivity contribution is 5.91. The van der Waals surface area contributed by atoms with Crippen molar-refractivity contribution in [2.24, 2.45) is 17.3 Å². The van der Waals surface area contributed by atoms with Crippen molar-refractivity contribution in [3.63, 3.8) is 0 Å². The van der Waals surface area contributed by atoms with Gasteiger partial charge in [0, 0.05) is 6.54 Å². The second kappa shape index (κ2) is 4.44. The van der Waals surface area contributed by atoms with Crippen molar-refractivity contribution in [1.29, 1.82) is 0 Å². The minimum atomic E-state index is -4.47. The molecular formula is C11H16F3NO3. The van der Waals surface area contributed by atoms with E-state index in [1.807, 2.05) is 0 Å². The van der Waals surface area contributed by atoms with Crippen LogP contribution >= 0.6 is 0 Å². The van der Waals surface area contributed by atoms with Crippen LogP contribution in [0.15, 0.2) is 0 Å². The normalized spacial score (nSPS) is 25.7. The summed E-state index contributed by atoms with van der Waals surface area (Å²) in [6.45, 7) is 3.18. The number of rotatable bonds is 4. The van der Waals surface area contributed by atoms with Crippen LogP contribution in [0.4, 0.5) is 13.2 Å². The first-order valence-corrected chi connectivity index (χ1v) is 5.60. The van der Waals surface area contributed by atoms with Gasteiger partial charge in [0.15, 0.2) is 0 Å². The molecular weight excluding hydrogens is 251 g/mol. The smallest absolute Gasteiger partial charge is 0.406 e. The maximum absolute atomic E-state index is 12.3. The molecule has 1 aliphatic carbocycles. The van der Waals surface area contributed by atoms with E-state index in [9.17, 15) is 22.8 Å². The molecule has 1 fully saturated rings. The molecule has 0 spiro atoms. The summed E-state index contributed by atoms with van der Waals surface area (Å²) < 4.78 is 36.8. The molecule has 1 amide bonds. The second-order valence-electron chi connectivity index (χ2n) is 5.08. The summed E-state index contributed by atoms with van der Waals surface area (Å²) in [5.74, 6) is -3.63. The standard InChI is InChI=1S/C11H16F3NO3/c1-4-15(5-11(12,13)14)8(16)6-7(9(17)18)10(6,2)3/h6-7H,4-5H2,1-3H3,(H,17,18)/t6-,7+/m1/s1. The highest BCUT2D eigenvalue weighted by Gasteiger charge is 2.66. The Morgan fingerprint density at radius 3 is 2.06 bits per heavy atom. The Balaban J connectivity index is 2.79. The van der Waals surface area contributed by atoms with Gasteiger partial charge in [-0.2, -0.15) is 13.2 Å². The third-order valence-corrected chi connectivity index (χ3v) is 3.42. The van der Waals surface area contributed by atoms with Gasteiger partial charge in [0.1, 0.15) is 6.54 Å². The lowest BCUT2D eigenvalue weighted by Gasteiger charge is -2.23. The van der Waals surface area contributed by atoms with E-state index in [1.54, 1.807) is 13.8 Å². The van der Waals surface area contributed by atoms with Gasteiger partial charge in [0.2, 0.25) is 5.91 Å². The minimum Gasteiger partial charge on any atom is -0.481 e. The van der Waals surface area contributed by atoms with E-state index in [4.69, 9.17) is 5.11 Å². The molecule has 4 nitrogen and oxygen atoms in total. The van der Waals surface area contributed by atoms with E-state index in [2.05, 4.69) is 0 Å². The fraction of sp³-hybridized carbons (Fsp3) is 0.818. The number of carboxylic acid groups (broad SMARTS) is 1. The molecule has 0 heterocycles. The van der Waals surface area contributed by atoms with Gasteiger partial charge in [0.25, 0.3) is 0 Å². The highest BCUT2D eigenvalue weighted by Crippen LogP contribution is 2.59. The van der Waals surface area contributed by atoms with Gasteiger partial charge in [-0.15, -0.1) is 0 Å². The molecule has 0 bridgehead atoms. The number of halogens is 3. The quantitative estimate of drug-likeness (QED) is 0.844. The van der Waals surface area contributed by atoms with Crippen molar-refractivity contribution in [2.45, 2.75) is 26.9 Å². The number of alkyl halides is 3. The summed E-state index contributed by atoms with van der Waals surface area (Å²) in [5.41, 5.74) is -0.776. The summed E-state index contributed by atoms with van der Waals surface area (Å²) in [5, 5.41) is 8.90. The van der Waals surface area contributed by atoms with Crippen LogP contribution in [0.3, 0.4) is 0 Å². The van der Waals surface area contributed by atoms with Crippen molar-refractivity contribution in [3.8, 4) is 0 Å². The first-order chi connectivity index (χ1) is 8.02. The second-order valence-corrected chi connectivity index (χ2v) is 5.08. The van der Waals surface area contributed by atoms with E-state index in [0.717, 1.165) is 0 Å². The summed E-state index contributed by atoms with van der Waals surface area (Å²) in [6, 6.07) is 0. The van der Waals surface area contributed by atoms with Gasteiger partial charge >= 0.3 is 12.1 Å². The Kier molecular flexibility index (Phi) is 3.65. The molecule has 0 aliphatic heterocycles. The van der Waals surface area contributed by atoms with Crippen LogP contribution in [0, 0.1) is 17.3 Å². The average molecular weight is 267 g/mol. The third kappa shape index (κ3) is 2.76. The Hall–Kier alpha value is -1.27. The lowest BCUT2D eigenvalue weighted by molar-refractivity contribution is -0.162. The number of hydrogen-bond donors (Lipinski definition) is 1. The predicted octanol–water partition coefficient (Wildman–Crippen LogP) is 1.75. The molecule has 0 aromatic carbocycles. The van der Waals surface area contributed by atoms with Gasteiger partial charge in [-0.3, -0.25) is 9.59 Å². The van der Waals surface area contributed by atoms with E-state index in [1.165, 1.54) is 6.92 Å². The molecule has 0 unspecified atom stereocenters. The number of nitrogens with zero attached hydrogens (tertiary/aromatic N) is 1. The molecule has 2 atom stereocenters. The monoisotopic (exact) mass is 267 g/mol. The maximum Gasteiger partial charge on any atom is 0.406 e. The van der Waals surface area contributed by atoms with E-state index in [-0.39, 0.29) is 6.54 Å². The van der Waals surface area contributed by atoms with E-state index in [0.29, 0.717) is 4.90 Å². The lowest BCUT2D eigenvalue weighted by atomic mass is 10.1. The number of carbonyl (C=O) groups is 2. The first-order valence-electron chi connectivity index (χ1n) is 5.60. The van der Waals surface area contributed by atoms with E-state index >= 15 is 0 Å². The fourth-order valence-electron chi connectivity index (χ4n) is 2.32. The Morgan fingerprint density at radius 1 is 1.28 bits per heavy atom. The van der Waals surface area contributed by atoms with E-state index < -0.39 is 41.8 Å². The number of carbonyl (C=O) groups excluding carboxylic acids is 1. The number of amides is 1. The van der Waals surface area contributed by atoms with Crippen molar-refractivity contribution in [3.05, 3.63) is 0 Å². The molecule has 0 aromatic heterocycles. The molecule has 0 aromatic rings. The SMILES string of the molecule is CCN(CC(F)(F)F)C(=O)[C@H]1[C@@H](C(=O)O)C1(C)C. The van der Waals surface area contributed by atoms with Crippen molar-refractivity contribution in [1.82, 2.24) is 4.90 Å². The molecule has 104 valence electrons. The predicted molar refractivity (Wildman–Crippen MR) is 56.7 cm³/mol. The van der Waals surface area contributed by atoms with Crippen molar-refractivity contribution >= 4 is 11.9 Å². The van der Waals surface area contributed by atoms with Gasteiger partial charge in [0.05, 0.1) is 11.8 Å². The molecule has 0 radical (unpaired) electrons. The van der Waals surface area contributed by atoms with Crippen LogP contribution in [0.1, 0.15) is 20.8 Å². The number of carboxylic acids is 1. The van der Waals surface area contributed by atoms with Crippen LogP contribution in [0.2, 0.25) is 0 Å². The molecule has 1 rings (SSSR count). The van der Waals surface area contributed by atoms with Crippen molar-refractivity contribution < 1.29 is 27.9 Å². The van der Waals surface area contributed by atoms with Crippen LogP contribution in [0.5, 0.6) is 0 Å². The van der Waals surface area contributed by atoms with Gasteiger partial charge < -0.3 is 10.0 Å². The topological polar surface area (TPSA) is 57.6 Å². The zero-order valence-corrected chi connectivity index (χ0v) is 10.4. The summed E-state index contributed by atoms with van der Waals surface area (Å²) in [6.07, 6.45) is -4.47. The molecule has 1 N–H and O–H groups in total. The first kappa shape index (κ1) is 14.8. The third-order valence-electron chi connectivity index (χ3n) is 3.42. The van der Waals surface area contributed by atoms with Gasteiger partial charge in [-0.05, 0) is 12.3 Å². The maximum atomic E-state index is 12.3. The lowest BCUT2D eigenvalue weighted by Crippen LogP contribution is -2.40. The summed E-state index contributed by atoms with van der Waals surface area (Å²) >= 11 is 0. The van der Waals surface area contributed by atoms with Gasteiger partial charge in [-0.25, -0.2) is 0 Å². The zero-order valence-electron chi connectivity index (χ0n) is 10.4. The van der Waals surface area contributed by atoms with Crippen LogP contribution in [0.25, 0.3) is 0 Å². The Morgan fingerprint density at radius 2 is 1.78 bits per heavy atom. The molecule has 0 saturated heterocycles. The molecule has 1 saturated carbocycles. The van der Waals surface area contributed by atoms with Gasteiger partial charge in [-0.1, -0.05) is 13.8 Å². The number of aliphatic carboxylic acids is 1. The largest absolute Gasteiger partial charge is 0.481 e. The average Bonchev–Trinajstić information content (AvgIpc) is 2.75. The molecule has 1 aliphatic rings. The van der Waals surface area contributed by atoms with Crippen molar-refractivity contribution in [2.75, 3.05) is 13.1 Å². The Bertz CT molecular complexity index is 365. The van der Waals surface area contributed by atoms with Crippen LogP contribution in [-0.4, -0.2) is 41.1 Å². The molecule has 7 heteroatoms.